The van der Waals surface area contributed by atoms with Crippen molar-refractivity contribution < 1.29 is 17.6 Å². The molecule has 0 unspecified atom stereocenters. The molecule has 0 bridgehead atoms. The van der Waals surface area contributed by atoms with Gasteiger partial charge in [0.05, 0.1) is 0 Å². The van der Waals surface area contributed by atoms with E-state index in [9.17, 15) is 13.6 Å². The molecule has 0 saturated heterocycles. The van der Waals surface area contributed by atoms with Crippen LogP contribution in [0.25, 0.3) is 0 Å². The van der Waals surface area contributed by atoms with Gasteiger partial charge in [0.1, 0.15) is 0 Å². The first-order valence-electron chi connectivity index (χ1n) is 5.08. The summed E-state index contributed by atoms with van der Waals surface area (Å²) in [6.07, 6.45) is 1.22. The van der Waals surface area contributed by atoms with E-state index in [0.717, 1.165) is 4.31 Å². The second-order valence-electron chi connectivity index (χ2n) is 4.03. The van der Waals surface area contributed by atoms with E-state index in [2.05, 4.69) is 0 Å². The molecule has 96 valence electrons. The Kier molecular flexibility index (Phi) is 3.94. The Morgan fingerprint density at radius 3 is 2.47 bits per heavy atom. The lowest BCUT2D eigenvalue weighted by Crippen LogP contribution is -2.21. The third-order valence-corrected chi connectivity index (χ3v) is 3.79. The molecule has 0 atom stereocenters. The number of hydrogen-bond acceptors (Lipinski definition) is 4. The van der Waals surface area contributed by atoms with Crippen LogP contribution >= 0.6 is 0 Å². The van der Waals surface area contributed by atoms with Gasteiger partial charge in [0.25, 0.3) is 10.0 Å². The van der Waals surface area contributed by atoms with Crippen molar-refractivity contribution in [2.24, 2.45) is 0 Å². The zero-order valence-electron chi connectivity index (χ0n) is 10.2. The molecule has 0 aliphatic rings. The van der Waals surface area contributed by atoms with Crippen molar-refractivity contribution in [3.63, 3.8) is 0 Å². The molecule has 1 aromatic rings. The van der Waals surface area contributed by atoms with Crippen LogP contribution in [0.1, 0.15) is 19.6 Å². The fourth-order valence-corrected chi connectivity index (χ4v) is 1.80. The summed E-state index contributed by atoms with van der Waals surface area (Å²) >= 11 is 0. The van der Waals surface area contributed by atoms with Crippen LogP contribution in [0.4, 0.5) is 0 Å². The molecule has 0 N–H and O–H groups in total. The largest absolute Gasteiger partial charge is 0.624 e. The highest BCUT2D eigenvalue weighted by Crippen LogP contribution is 2.15. The Morgan fingerprint density at radius 2 is 2.00 bits per heavy atom. The summed E-state index contributed by atoms with van der Waals surface area (Å²) in [4.78, 5) is 0. The van der Waals surface area contributed by atoms with E-state index >= 15 is 0 Å². The molecule has 0 aromatic carbocycles. The highest BCUT2D eigenvalue weighted by molar-refractivity contribution is 7.88. The number of rotatable bonds is 4. The third-order valence-electron chi connectivity index (χ3n) is 2.10. The molecule has 17 heavy (non-hydrogen) atoms. The second kappa shape index (κ2) is 4.89. The summed E-state index contributed by atoms with van der Waals surface area (Å²) in [7, 11) is -0.762. The van der Waals surface area contributed by atoms with Crippen LogP contribution in [0, 0.1) is 5.21 Å². The maximum atomic E-state index is 11.7. The summed E-state index contributed by atoms with van der Waals surface area (Å²) in [5, 5.41) is 11.2. The van der Waals surface area contributed by atoms with E-state index in [4.69, 9.17) is 4.42 Å². The van der Waals surface area contributed by atoms with Crippen LogP contribution in [0.3, 0.4) is 0 Å². The number of nitrogens with zero attached hydrogens (tertiary/aromatic N) is 2. The van der Waals surface area contributed by atoms with Crippen LogP contribution in [0.2, 0.25) is 0 Å². The van der Waals surface area contributed by atoms with Crippen molar-refractivity contribution in [2.45, 2.75) is 25.0 Å². The summed E-state index contributed by atoms with van der Waals surface area (Å²) in [6.45, 7) is 3.45. The number of hydrogen-bond donors (Lipinski definition) is 0. The predicted octanol–water partition coefficient (Wildman–Crippen LogP) is 0.868. The van der Waals surface area contributed by atoms with Crippen molar-refractivity contribution >= 4 is 16.2 Å². The van der Waals surface area contributed by atoms with E-state index in [0.29, 0.717) is 4.74 Å². The highest BCUT2D eigenvalue weighted by atomic mass is 32.2. The van der Waals surface area contributed by atoms with E-state index in [1.54, 1.807) is 13.8 Å². The molecule has 7 heteroatoms. The van der Waals surface area contributed by atoms with Crippen molar-refractivity contribution in [3.05, 3.63) is 23.1 Å². The predicted molar refractivity (Wildman–Crippen MR) is 63.5 cm³/mol. The zero-order chi connectivity index (χ0) is 13.2. The molecule has 0 radical (unpaired) electrons. The molecule has 0 aliphatic carbocycles. The monoisotopic (exact) mass is 260 g/mol. The lowest BCUT2D eigenvalue weighted by Gasteiger charge is -2.07. The van der Waals surface area contributed by atoms with Gasteiger partial charge in [-0.15, -0.1) is 0 Å². The van der Waals surface area contributed by atoms with Gasteiger partial charge in [-0.25, -0.2) is 17.5 Å². The zero-order valence-corrected chi connectivity index (χ0v) is 11.1. The van der Waals surface area contributed by atoms with E-state index in [-0.39, 0.29) is 16.9 Å². The first-order valence-corrected chi connectivity index (χ1v) is 6.52. The lowest BCUT2D eigenvalue weighted by atomic mass is 10.4. The molecule has 0 aliphatic heterocycles. The van der Waals surface area contributed by atoms with Gasteiger partial charge >= 0.3 is 0 Å². The van der Waals surface area contributed by atoms with Crippen LogP contribution < -0.4 is 0 Å². The van der Waals surface area contributed by atoms with E-state index < -0.39 is 10.0 Å². The summed E-state index contributed by atoms with van der Waals surface area (Å²) < 4.78 is 30.2. The van der Waals surface area contributed by atoms with Crippen LogP contribution in [0.15, 0.2) is 21.6 Å². The van der Waals surface area contributed by atoms with E-state index in [1.807, 2.05) is 0 Å². The standard InChI is InChI=1S/C10H16N2O4S/c1-8(2)12(13)7-9-5-6-10(16-9)17(14,15)11(3)4/h5-8H,1-4H3. The Morgan fingerprint density at radius 1 is 1.41 bits per heavy atom. The minimum Gasteiger partial charge on any atom is -0.624 e. The highest BCUT2D eigenvalue weighted by Gasteiger charge is 2.21. The summed E-state index contributed by atoms with van der Waals surface area (Å²) in [5.74, 6) is 0.217. The van der Waals surface area contributed by atoms with Crippen LogP contribution in [0.5, 0.6) is 0 Å². The quantitative estimate of drug-likeness (QED) is 0.348. The molecule has 1 rings (SSSR count). The van der Waals surface area contributed by atoms with Gasteiger partial charge in [0.2, 0.25) is 11.3 Å². The van der Waals surface area contributed by atoms with Gasteiger partial charge in [0.15, 0.2) is 11.8 Å². The van der Waals surface area contributed by atoms with Gasteiger partial charge < -0.3 is 9.62 Å². The Hall–Kier alpha value is -1.34. The van der Waals surface area contributed by atoms with E-state index in [1.165, 1.54) is 32.4 Å². The SMILES string of the molecule is CC(C)[N+]([O-])=Cc1ccc(S(=O)(=O)N(C)C)o1. The Balaban J connectivity index is 3.06. The lowest BCUT2D eigenvalue weighted by molar-refractivity contribution is -0.487. The van der Waals surface area contributed by atoms with Gasteiger partial charge in [-0.3, -0.25) is 0 Å². The number of sulfonamides is 1. The van der Waals surface area contributed by atoms with Crippen molar-refractivity contribution in [3.8, 4) is 0 Å². The summed E-state index contributed by atoms with van der Waals surface area (Å²) in [6, 6.07) is 2.55. The summed E-state index contributed by atoms with van der Waals surface area (Å²) in [5.41, 5.74) is 0. The van der Waals surface area contributed by atoms with Crippen molar-refractivity contribution in [1.29, 1.82) is 0 Å². The van der Waals surface area contributed by atoms with Crippen molar-refractivity contribution in [2.75, 3.05) is 14.1 Å². The minimum absolute atomic E-state index is 0.175. The topological polar surface area (TPSA) is 76.6 Å². The van der Waals surface area contributed by atoms with Crippen LogP contribution in [-0.4, -0.2) is 43.8 Å². The molecular weight excluding hydrogens is 244 g/mol. The molecule has 1 heterocycles. The van der Waals surface area contributed by atoms with Gasteiger partial charge in [-0.2, -0.15) is 0 Å². The maximum absolute atomic E-state index is 11.7. The molecule has 0 fully saturated rings. The molecule has 0 amide bonds. The van der Waals surface area contributed by atoms with Gasteiger partial charge in [-0.1, -0.05) is 0 Å². The van der Waals surface area contributed by atoms with Gasteiger partial charge in [0, 0.05) is 14.1 Å². The fraction of sp³-hybridized carbons (Fsp3) is 0.500. The Labute approximate surface area is 101 Å². The average molecular weight is 260 g/mol. The second-order valence-corrected chi connectivity index (χ2v) is 6.11. The molecule has 0 saturated carbocycles. The normalized spacial score (nSPS) is 13.6. The number of furan rings is 1. The average Bonchev–Trinajstić information content (AvgIpc) is 2.66. The first kappa shape index (κ1) is 13.7. The third kappa shape index (κ3) is 3.07. The Bertz CT molecular complexity index is 514. The first-order chi connectivity index (χ1) is 7.75. The molecule has 1 aromatic heterocycles. The van der Waals surface area contributed by atoms with Crippen molar-refractivity contribution in [1.82, 2.24) is 4.31 Å². The minimum atomic E-state index is -3.59. The number of hydroxylamine groups is 1. The smallest absolute Gasteiger partial charge is 0.275 e. The van der Waals surface area contributed by atoms with Gasteiger partial charge in [-0.05, 0) is 26.0 Å². The fourth-order valence-electron chi connectivity index (χ4n) is 0.997. The van der Waals surface area contributed by atoms with Crippen LogP contribution in [-0.2, 0) is 10.0 Å². The molecule has 6 nitrogen and oxygen atoms in total. The molecular formula is C10H16N2O4S. The maximum Gasteiger partial charge on any atom is 0.275 e. The molecule has 0 spiro atoms.